The topological polar surface area (TPSA) is 71.2 Å². The Balaban J connectivity index is 2.27. The molecule has 1 aromatic carbocycles. The number of aromatic nitrogens is 1. The smallest absolute Gasteiger partial charge is 0.339 e. The number of ketones is 1. The average Bonchev–Trinajstić information content (AvgIpc) is 2.83. The molecule has 0 saturated heterocycles. The maximum absolute atomic E-state index is 12.8. The lowest BCUT2D eigenvalue weighted by Crippen LogP contribution is -2.27. The molecule has 0 spiro atoms. The van der Waals surface area contributed by atoms with Gasteiger partial charge in [-0.05, 0) is 51.8 Å². The van der Waals surface area contributed by atoms with Gasteiger partial charge in [0.05, 0.1) is 24.4 Å². The van der Waals surface area contributed by atoms with Gasteiger partial charge in [0, 0.05) is 11.4 Å². The summed E-state index contributed by atoms with van der Waals surface area (Å²) < 4.78 is 4.79. The summed E-state index contributed by atoms with van der Waals surface area (Å²) in [6, 6.07) is 5.63. The van der Waals surface area contributed by atoms with Crippen molar-refractivity contribution >= 4 is 17.4 Å². The number of methoxy groups -OCH3 is 1. The van der Waals surface area contributed by atoms with Crippen LogP contribution in [0.5, 0.6) is 0 Å². The molecule has 2 aromatic rings. The molecule has 0 aliphatic carbocycles. The number of carbonyl (C=O) groups excluding carboxylic acids is 2. The normalized spacial score (nSPS) is 11.9. The van der Waals surface area contributed by atoms with E-state index >= 15 is 0 Å². The highest BCUT2D eigenvalue weighted by atomic mass is 16.5. The van der Waals surface area contributed by atoms with E-state index in [2.05, 4.69) is 16.4 Å². The van der Waals surface area contributed by atoms with Gasteiger partial charge in [0.15, 0.2) is 0 Å². The van der Waals surface area contributed by atoms with Crippen molar-refractivity contribution in [3.05, 3.63) is 51.8 Å². The standard InChI is InChI=1S/C19H24N2O3/c1-10-7-8-15(11(2)9-10)20-14(5)18(22)17-12(3)16(13(4)21-17)19(23)24-6/h7-9,14,20-21H,1-6H3/t14-/m1/s1. The van der Waals surface area contributed by atoms with Gasteiger partial charge < -0.3 is 15.0 Å². The molecule has 0 fully saturated rings. The number of esters is 1. The first-order valence-electron chi connectivity index (χ1n) is 7.91. The second-order valence-corrected chi connectivity index (χ2v) is 6.17. The molecule has 0 saturated carbocycles. The summed E-state index contributed by atoms with van der Waals surface area (Å²) in [5, 5.41) is 3.25. The van der Waals surface area contributed by atoms with E-state index < -0.39 is 12.0 Å². The molecule has 0 aliphatic rings. The van der Waals surface area contributed by atoms with E-state index in [0.717, 1.165) is 11.3 Å². The van der Waals surface area contributed by atoms with Crippen LogP contribution in [-0.4, -0.2) is 29.9 Å². The van der Waals surface area contributed by atoms with Gasteiger partial charge in [-0.3, -0.25) is 4.79 Å². The van der Waals surface area contributed by atoms with Crippen LogP contribution < -0.4 is 5.32 Å². The second kappa shape index (κ2) is 6.91. The van der Waals surface area contributed by atoms with Crippen LogP contribution in [0.2, 0.25) is 0 Å². The maximum Gasteiger partial charge on any atom is 0.339 e. The summed E-state index contributed by atoms with van der Waals surface area (Å²) in [6.07, 6.45) is 0. The van der Waals surface area contributed by atoms with Crippen molar-refractivity contribution < 1.29 is 14.3 Å². The molecule has 0 amide bonds. The minimum atomic E-state index is -0.435. The van der Waals surface area contributed by atoms with Gasteiger partial charge in [-0.1, -0.05) is 17.7 Å². The monoisotopic (exact) mass is 328 g/mol. The molecule has 5 heteroatoms. The maximum atomic E-state index is 12.8. The van der Waals surface area contributed by atoms with E-state index in [1.165, 1.54) is 12.7 Å². The van der Waals surface area contributed by atoms with E-state index in [1.807, 2.05) is 32.9 Å². The summed E-state index contributed by atoms with van der Waals surface area (Å²) in [4.78, 5) is 27.7. The van der Waals surface area contributed by atoms with Gasteiger partial charge >= 0.3 is 5.97 Å². The van der Waals surface area contributed by atoms with Crippen molar-refractivity contribution in [1.29, 1.82) is 0 Å². The molecular weight excluding hydrogens is 304 g/mol. The zero-order valence-corrected chi connectivity index (χ0v) is 15.0. The van der Waals surface area contributed by atoms with E-state index in [0.29, 0.717) is 22.5 Å². The Kier molecular flexibility index (Phi) is 5.12. The zero-order valence-electron chi connectivity index (χ0n) is 15.0. The van der Waals surface area contributed by atoms with Gasteiger partial charge in [-0.2, -0.15) is 0 Å². The number of carbonyl (C=O) groups is 2. The van der Waals surface area contributed by atoms with E-state index in [9.17, 15) is 9.59 Å². The van der Waals surface area contributed by atoms with E-state index in [1.54, 1.807) is 13.8 Å². The number of ether oxygens (including phenoxy) is 1. The molecule has 0 radical (unpaired) electrons. The number of H-pyrrole nitrogens is 1. The molecular formula is C19H24N2O3. The van der Waals surface area contributed by atoms with Crippen LogP contribution in [0.25, 0.3) is 0 Å². The van der Waals surface area contributed by atoms with Crippen molar-refractivity contribution in [1.82, 2.24) is 4.98 Å². The Morgan fingerprint density at radius 3 is 2.42 bits per heavy atom. The number of anilines is 1. The number of rotatable bonds is 5. The number of aromatic amines is 1. The van der Waals surface area contributed by atoms with Crippen LogP contribution in [0.4, 0.5) is 5.69 Å². The van der Waals surface area contributed by atoms with Crippen LogP contribution in [0.15, 0.2) is 18.2 Å². The van der Waals surface area contributed by atoms with Crippen LogP contribution in [-0.2, 0) is 4.74 Å². The van der Waals surface area contributed by atoms with E-state index in [-0.39, 0.29) is 5.78 Å². The van der Waals surface area contributed by atoms with Crippen molar-refractivity contribution in [3.63, 3.8) is 0 Å². The minimum absolute atomic E-state index is 0.0919. The molecule has 24 heavy (non-hydrogen) atoms. The van der Waals surface area contributed by atoms with Gasteiger partial charge in [0.25, 0.3) is 0 Å². The Bertz CT molecular complexity index is 790. The van der Waals surface area contributed by atoms with Crippen molar-refractivity contribution in [2.45, 2.75) is 40.7 Å². The fourth-order valence-electron chi connectivity index (χ4n) is 2.90. The quantitative estimate of drug-likeness (QED) is 0.648. The molecule has 0 unspecified atom stereocenters. The number of hydrogen-bond acceptors (Lipinski definition) is 4. The van der Waals surface area contributed by atoms with Gasteiger partial charge in [0.2, 0.25) is 5.78 Å². The summed E-state index contributed by atoms with van der Waals surface area (Å²) in [7, 11) is 1.33. The first-order valence-corrected chi connectivity index (χ1v) is 7.91. The first-order chi connectivity index (χ1) is 11.3. The Hall–Kier alpha value is -2.56. The largest absolute Gasteiger partial charge is 0.465 e. The van der Waals surface area contributed by atoms with Crippen LogP contribution in [0.3, 0.4) is 0 Å². The average molecular weight is 328 g/mol. The molecule has 1 aromatic heterocycles. The summed E-state index contributed by atoms with van der Waals surface area (Å²) in [6.45, 7) is 9.37. The van der Waals surface area contributed by atoms with Crippen LogP contribution in [0, 0.1) is 27.7 Å². The van der Waals surface area contributed by atoms with Gasteiger partial charge in [0.1, 0.15) is 0 Å². The minimum Gasteiger partial charge on any atom is -0.465 e. The highest BCUT2D eigenvalue weighted by Gasteiger charge is 2.25. The Morgan fingerprint density at radius 2 is 1.83 bits per heavy atom. The number of benzene rings is 1. The Labute approximate surface area is 142 Å². The number of hydrogen-bond donors (Lipinski definition) is 2. The number of nitrogens with one attached hydrogen (secondary N) is 2. The molecule has 1 atom stereocenters. The molecule has 5 nitrogen and oxygen atoms in total. The molecule has 0 aliphatic heterocycles. The third-order valence-electron chi connectivity index (χ3n) is 4.22. The molecule has 128 valence electrons. The van der Waals surface area contributed by atoms with Crippen LogP contribution >= 0.6 is 0 Å². The van der Waals surface area contributed by atoms with E-state index in [4.69, 9.17) is 4.74 Å². The molecule has 0 bridgehead atoms. The van der Waals surface area contributed by atoms with Crippen molar-refractivity contribution in [2.24, 2.45) is 0 Å². The summed E-state index contributed by atoms with van der Waals surface area (Å²) >= 11 is 0. The first kappa shape index (κ1) is 17.8. The third kappa shape index (κ3) is 3.35. The highest BCUT2D eigenvalue weighted by molar-refractivity contribution is 6.04. The van der Waals surface area contributed by atoms with Crippen LogP contribution in [0.1, 0.15) is 50.2 Å². The summed E-state index contributed by atoms with van der Waals surface area (Å²) in [5.41, 5.74) is 5.33. The number of Topliss-reactive ketones (excluding diaryl/α,β-unsaturated/α-hetero) is 1. The lowest BCUT2D eigenvalue weighted by atomic mass is 10.0. The zero-order chi connectivity index (χ0) is 18.0. The second-order valence-electron chi connectivity index (χ2n) is 6.17. The molecule has 2 rings (SSSR count). The fourth-order valence-corrected chi connectivity index (χ4v) is 2.90. The van der Waals surface area contributed by atoms with Gasteiger partial charge in [-0.25, -0.2) is 4.79 Å². The SMILES string of the molecule is COC(=O)c1c(C)[nH]c(C(=O)[C@@H](C)Nc2ccc(C)cc2C)c1C. The van der Waals surface area contributed by atoms with Crippen molar-refractivity contribution in [2.75, 3.05) is 12.4 Å². The third-order valence-corrected chi connectivity index (χ3v) is 4.22. The lowest BCUT2D eigenvalue weighted by Gasteiger charge is -2.16. The number of aryl methyl sites for hydroxylation is 3. The fraction of sp³-hybridized carbons (Fsp3) is 0.368. The lowest BCUT2D eigenvalue weighted by molar-refractivity contribution is 0.0599. The highest BCUT2D eigenvalue weighted by Crippen LogP contribution is 2.22. The summed E-state index contributed by atoms with van der Waals surface area (Å²) in [5.74, 6) is -0.527. The predicted molar refractivity (Wildman–Crippen MR) is 94.9 cm³/mol. The molecule has 1 heterocycles. The predicted octanol–water partition coefficient (Wildman–Crippen LogP) is 3.72. The molecule has 2 N–H and O–H groups in total. The van der Waals surface area contributed by atoms with Crippen molar-refractivity contribution in [3.8, 4) is 0 Å². The van der Waals surface area contributed by atoms with Gasteiger partial charge in [-0.15, -0.1) is 0 Å². The Morgan fingerprint density at radius 1 is 1.17 bits per heavy atom.